The number of para-hydroxylation sites is 2. The molecule has 224 valence electrons. The van der Waals surface area contributed by atoms with Gasteiger partial charge in [0.1, 0.15) is 0 Å². The summed E-state index contributed by atoms with van der Waals surface area (Å²) in [5.74, 6) is 0. The standard InChI is InChI=1S/C46H30N2/c1-4-14-31(15-5-1)36-28-29-41-40-25-13-27-43-46(40)45-39(38-23-11-22-37(36)44(38)41)24-12-26-42(45)48(43)35-21-10-20-34(30-35)47(32-16-6-2-7-17-32)33-18-8-3-9-19-33/h1-30H. The van der Waals surface area contributed by atoms with Gasteiger partial charge >= 0.3 is 0 Å². The smallest absolute Gasteiger partial charge is 0.0547 e. The van der Waals surface area contributed by atoms with Gasteiger partial charge in [0.15, 0.2) is 0 Å². The summed E-state index contributed by atoms with van der Waals surface area (Å²) in [6, 6.07) is 66.1. The third kappa shape index (κ3) is 3.93. The summed E-state index contributed by atoms with van der Waals surface area (Å²) >= 11 is 0. The molecule has 1 aliphatic rings. The molecular formula is C46H30N2. The number of fused-ring (bicyclic) bond motifs is 2. The Morgan fingerprint density at radius 1 is 0.333 bits per heavy atom. The lowest BCUT2D eigenvalue weighted by atomic mass is 9.89. The first kappa shape index (κ1) is 26.8. The summed E-state index contributed by atoms with van der Waals surface area (Å²) in [6.07, 6.45) is 0. The van der Waals surface area contributed by atoms with Crippen LogP contribution in [0.25, 0.3) is 71.6 Å². The second-order valence-corrected chi connectivity index (χ2v) is 12.5. The number of aromatic nitrogens is 1. The molecule has 0 radical (unpaired) electrons. The Morgan fingerprint density at radius 2 is 0.812 bits per heavy atom. The van der Waals surface area contributed by atoms with E-state index in [0.717, 1.165) is 22.7 Å². The lowest BCUT2D eigenvalue weighted by Crippen LogP contribution is -2.10. The van der Waals surface area contributed by atoms with E-state index in [2.05, 4.69) is 191 Å². The van der Waals surface area contributed by atoms with Gasteiger partial charge in [-0.25, -0.2) is 0 Å². The van der Waals surface area contributed by atoms with E-state index >= 15 is 0 Å². The molecule has 2 nitrogen and oxygen atoms in total. The predicted molar refractivity (Wildman–Crippen MR) is 203 cm³/mol. The van der Waals surface area contributed by atoms with Crippen LogP contribution >= 0.6 is 0 Å². The highest BCUT2D eigenvalue weighted by Crippen LogP contribution is 2.51. The van der Waals surface area contributed by atoms with Crippen LogP contribution in [0.5, 0.6) is 0 Å². The fourth-order valence-corrected chi connectivity index (χ4v) is 7.93. The first-order valence-electron chi connectivity index (χ1n) is 16.5. The molecule has 0 amide bonds. The van der Waals surface area contributed by atoms with Gasteiger partial charge in [0, 0.05) is 33.5 Å². The summed E-state index contributed by atoms with van der Waals surface area (Å²) < 4.78 is 2.46. The Kier molecular flexibility index (Phi) is 5.91. The van der Waals surface area contributed by atoms with E-state index in [1.165, 1.54) is 66.0 Å². The maximum absolute atomic E-state index is 2.46. The molecule has 1 aromatic heterocycles. The van der Waals surface area contributed by atoms with E-state index in [0.29, 0.717) is 0 Å². The molecule has 1 heterocycles. The highest BCUT2D eigenvalue weighted by molar-refractivity contribution is 6.28. The van der Waals surface area contributed by atoms with Crippen molar-refractivity contribution in [1.82, 2.24) is 4.57 Å². The number of hydrogen-bond donors (Lipinski definition) is 0. The molecule has 0 atom stereocenters. The maximum Gasteiger partial charge on any atom is 0.0547 e. The first-order valence-corrected chi connectivity index (χ1v) is 16.5. The molecule has 0 unspecified atom stereocenters. The summed E-state index contributed by atoms with van der Waals surface area (Å²) in [5.41, 5.74) is 14.6. The molecule has 0 saturated carbocycles. The first-order chi connectivity index (χ1) is 23.8. The molecule has 2 heteroatoms. The molecule has 0 spiro atoms. The van der Waals surface area contributed by atoms with Crippen LogP contribution in [0.15, 0.2) is 182 Å². The third-order valence-electron chi connectivity index (χ3n) is 9.90. The number of anilines is 3. The van der Waals surface area contributed by atoms with Crippen molar-refractivity contribution in [2.45, 2.75) is 0 Å². The van der Waals surface area contributed by atoms with Crippen LogP contribution in [0.2, 0.25) is 0 Å². The minimum absolute atomic E-state index is 1.11. The molecular weight excluding hydrogens is 581 g/mol. The van der Waals surface area contributed by atoms with Crippen molar-refractivity contribution in [2.75, 3.05) is 4.90 Å². The van der Waals surface area contributed by atoms with E-state index in [9.17, 15) is 0 Å². The molecule has 8 aromatic carbocycles. The van der Waals surface area contributed by atoms with Gasteiger partial charge in [-0.1, -0.05) is 127 Å². The molecule has 9 aromatic rings. The number of benzene rings is 8. The minimum atomic E-state index is 1.11. The summed E-state index contributed by atoms with van der Waals surface area (Å²) in [7, 11) is 0. The van der Waals surface area contributed by atoms with Gasteiger partial charge in [0.25, 0.3) is 0 Å². The quantitative estimate of drug-likeness (QED) is 0.188. The third-order valence-corrected chi connectivity index (χ3v) is 9.90. The predicted octanol–water partition coefficient (Wildman–Crippen LogP) is 12.7. The van der Waals surface area contributed by atoms with E-state index in [1.54, 1.807) is 0 Å². The Morgan fingerprint density at radius 3 is 1.44 bits per heavy atom. The van der Waals surface area contributed by atoms with Crippen molar-refractivity contribution < 1.29 is 0 Å². The molecule has 1 aliphatic carbocycles. The van der Waals surface area contributed by atoms with Crippen molar-refractivity contribution in [3.05, 3.63) is 182 Å². The zero-order chi connectivity index (χ0) is 31.6. The zero-order valence-electron chi connectivity index (χ0n) is 26.2. The second-order valence-electron chi connectivity index (χ2n) is 12.5. The average Bonchev–Trinajstić information content (AvgIpc) is 3.44. The molecule has 0 fully saturated rings. The van der Waals surface area contributed by atoms with Gasteiger partial charge < -0.3 is 9.47 Å². The van der Waals surface area contributed by atoms with Crippen LogP contribution in [0.3, 0.4) is 0 Å². The zero-order valence-corrected chi connectivity index (χ0v) is 26.2. The van der Waals surface area contributed by atoms with Crippen LogP contribution in [0.4, 0.5) is 17.1 Å². The van der Waals surface area contributed by atoms with Gasteiger partial charge in [-0.2, -0.15) is 0 Å². The van der Waals surface area contributed by atoms with Gasteiger partial charge in [-0.15, -0.1) is 0 Å². The Labute approximate surface area is 279 Å². The Balaban J connectivity index is 1.24. The maximum atomic E-state index is 2.46. The Bertz CT molecular complexity index is 2550. The van der Waals surface area contributed by atoms with Crippen molar-refractivity contribution >= 4 is 49.6 Å². The van der Waals surface area contributed by atoms with Crippen molar-refractivity contribution in [1.29, 1.82) is 0 Å². The van der Waals surface area contributed by atoms with Crippen molar-refractivity contribution in [3.8, 4) is 39.1 Å². The number of hydrogen-bond acceptors (Lipinski definition) is 1. The molecule has 0 N–H and O–H groups in total. The monoisotopic (exact) mass is 610 g/mol. The van der Waals surface area contributed by atoms with Gasteiger partial charge in [-0.3, -0.25) is 0 Å². The lowest BCUT2D eigenvalue weighted by molar-refractivity contribution is 1.17. The van der Waals surface area contributed by atoms with Gasteiger partial charge in [-0.05, 0) is 98.8 Å². The molecule has 10 rings (SSSR count). The molecule has 0 bridgehead atoms. The van der Waals surface area contributed by atoms with Gasteiger partial charge in [0.05, 0.1) is 11.0 Å². The van der Waals surface area contributed by atoms with Crippen LogP contribution in [0.1, 0.15) is 0 Å². The van der Waals surface area contributed by atoms with Crippen LogP contribution in [-0.4, -0.2) is 4.57 Å². The largest absolute Gasteiger partial charge is 0.310 e. The second kappa shape index (κ2) is 10.6. The van der Waals surface area contributed by atoms with Crippen LogP contribution in [-0.2, 0) is 0 Å². The topological polar surface area (TPSA) is 8.17 Å². The SMILES string of the molecule is c1ccc(-c2ccc3c4c(cccc24)-c2cccc4c2c2c-3cccc2n4-c2cccc(N(c3ccccc3)c3ccccc3)c2)cc1. The highest BCUT2D eigenvalue weighted by Gasteiger charge is 2.25. The molecule has 48 heavy (non-hydrogen) atoms. The van der Waals surface area contributed by atoms with E-state index in [4.69, 9.17) is 0 Å². The average molecular weight is 611 g/mol. The van der Waals surface area contributed by atoms with Crippen LogP contribution in [0, 0.1) is 0 Å². The Hall–Kier alpha value is -6.38. The van der Waals surface area contributed by atoms with E-state index in [1.807, 2.05) is 0 Å². The van der Waals surface area contributed by atoms with E-state index in [-0.39, 0.29) is 0 Å². The molecule has 0 aliphatic heterocycles. The lowest BCUT2D eigenvalue weighted by Gasteiger charge is -2.26. The normalized spacial score (nSPS) is 11.8. The summed E-state index contributed by atoms with van der Waals surface area (Å²) in [4.78, 5) is 2.33. The van der Waals surface area contributed by atoms with E-state index < -0.39 is 0 Å². The van der Waals surface area contributed by atoms with Crippen molar-refractivity contribution in [2.24, 2.45) is 0 Å². The van der Waals surface area contributed by atoms with Crippen LogP contribution < -0.4 is 4.90 Å². The molecule has 0 saturated heterocycles. The number of rotatable bonds is 5. The van der Waals surface area contributed by atoms with Gasteiger partial charge in [0.2, 0.25) is 0 Å². The van der Waals surface area contributed by atoms with Crippen molar-refractivity contribution in [3.63, 3.8) is 0 Å². The summed E-state index contributed by atoms with van der Waals surface area (Å²) in [6.45, 7) is 0. The highest BCUT2D eigenvalue weighted by atomic mass is 15.1. The fourth-order valence-electron chi connectivity index (χ4n) is 7.93. The number of nitrogens with zero attached hydrogens (tertiary/aromatic N) is 2. The minimum Gasteiger partial charge on any atom is -0.310 e. The fraction of sp³-hybridized carbons (Fsp3) is 0. The summed E-state index contributed by atoms with van der Waals surface area (Å²) in [5, 5.41) is 5.23.